The third kappa shape index (κ3) is 4.98. The monoisotopic (exact) mass is 381 g/mol. The Kier molecular flexibility index (Phi) is 6.82. The van der Waals surface area contributed by atoms with Crippen LogP contribution in [0.2, 0.25) is 0 Å². The van der Waals surface area contributed by atoms with Crippen LogP contribution in [0.5, 0.6) is 0 Å². The van der Waals surface area contributed by atoms with Crippen LogP contribution in [0.25, 0.3) is 0 Å². The molecule has 0 spiro atoms. The van der Waals surface area contributed by atoms with E-state index in [1.165, 1.54) is 4.90 Å². The van der Waals surface area contributed by atoms with Crippen LogP contribution >= 0.6 is 0 Å². The van der Waals surface area contributed by atoms with Crippen molar-refractivity contribution in [1.29, 1.82) is 0 Å². The summed E-state index contributed by atoms with van der Waals surface area (Å²) in [6, 6.07) is 17.4. The number of anilines is 1. The van der Waals surface area contributed by atoms with Gasteiger partial charge in [-0.3, -0.25) is 9.59 Å². The molecular weight excluding hydrogens is 352 g/mol. The number of ether oxygens (including phenoxy) is 1. The van der Waals surface area contributed by atoms with Crippen molar-refractivity contribution in [3.8, 4) is 0 Å². The number of quaternary nitrogens is 1. The molecule has 1 aliphatic heterocycles. The Labute approximate surface area is 166 Å². The highest BCUT2D eigenvalue weighted by atomic mass is 16.5. The topological polar surface area (TPSA) is 59.8 Å². The van der Waals surface area contributed by atoms with Crippen molar-refractivity contribution in [3.05, 3.63) is 65.7 Å². The third-order valence-electron chi connectivity index (χ3n) is 5.37. The maximum Gasteiger partial charge on any atom is 0.309 e. The number of amides is 1. The Morgan fingerprint density at radius 3 is 2.32 bits per heavy atom. The van der Waals surface area contributed by atoms with E-state index in [0.29, 0.717) is 6.61 Å². The molecule has 0 bridgehead atoms. The normalized spacial score (nSPS) is 20.2. The molecule has 2 aromatic carbocycles. The van der Waals surface area contributed by atoms with E-state index in [1.807, 2.05) is 68.4 Å². The molecule has 0 aromatic heterocycles. The molecule has 1 atom stereocenters. The first kappa shape index (κ1) is 20.1. The van der Waals surface area contributed by atoms with Crippen LogP contribution in [0.15, 0.2) is 54.6 Å². The number of piperidine rings is 1. The summed E-state index contributed by atoms with van der Waals surface area (Å²) >= 11 is 0. The molecule has 5 nitrogen and oxygen atoms in total. The molecule has 1 saturated heterocycles. The fourth-order valence-electron chi connectivity index (χ4n) is 3.84. The lowest BCUT2D eigenvalue weighted by molar-refractivity contribution is -0.927. The van der Waals surface area contributed by atoms with E-state index in [4.69, 9.17) is 4.74 Å². The molecule has 1 aliphatic rings. The number of benzene rings is 2. The van der Waals surface area contributed by atoms with Crippen LogP contribution in [0.3, 0.4) is 0 Å². The van der Waals surface area contributed by atoms with Gasteiger partial charge in [0, 0.05) is 24.1 Å². The van der Waals surface area contributed by atoms with E-state index in [2.05, 4.69) is 5.32 Å². The average molecular weight is 381 g/mol. The van der Waals surface area contributed by atoms with Gasteiger partial charge >= 0.3 is 5.97 Å². The molecule has 0 radical (unpaired) electrons. The minimum Gasteiger partial charge on any atom is -0.466 e. The smallest absolute Gasteiger partial charge is 0.309 e. The van der Waals surface area contributed by atoms with Gasteiger partial charge in [0.15, 0.2) is 6.04 Å². The number of esters is 1. The molecule has 2 N–H and O–H groups in total. The second-order valence-corrected chi connectivity index (χ2v) is 7.38. The summed E-state index contributed by atoms with van der Waals surface area (Å²) in [5.41, 5.74) is 2.96. The summed E-state index contributed by atoms with van der Waals surface area (Å²) < 4.78 is 5.17. The number of aryl methyl sites for hydroxylation is 1. The van der Waals surface area contributed by atoms with Crippen molar-refractivity contribution in [2.75, 3.05) is 25.0 Å². The number of hydrogen-bond acceptors (Lipinski definition) is 3. The van der Waals surface area contributed by atoms with Gasteiger partial charge in [-0.1, -0.05) is 48.0 Å². The van der Waals surface area contributed by atoms with E-state index < -0.39 is 0 Å². The lowest BCUT2D eigenvalue weighted by atomic mass is 9.94. The summed E-state index contributed by atoms with van der Waals surface area (Å²) in [5.74, 6) is -0.179. The lowest BCUT2D eigenvalue weighted by Crippen LogP contribution is -3.14. The first-order valence-electron chi connectivity index (χ1n) is 10.0. The van der Waals surface area contributed by atoms with E-state index in [9.17, 15) is 9.59 Å². The fraction of sp³-hybridized carbons (Fsp3) is 0.391. The van der Waals surface area contributed by atoms with Gasteiger partial charge < -0.3 is 15.0 Å². The minimum absolute atomic E-state index is 0.0142. The molecule has 3 rings (SSSR count). The second-order valence-electron chi connectivity index (χ2n) is 7.38. The molecule has 5 heteroatoms. The number of nitrogens with one attached hydrogen (secondary N) is 2. The van der Waals surface area contributed by atoms with Gasteiger partial charge in [-0.15, -0.1) is 0 Å². The van der Waals surface area contributed by atoms with Crippen molar-refractivity contribution >= 4 is 17.6 Å². The Balaban J connectivity index is 1.74. The zero-order chi connectivity index (χ0) is 19.9. The predicted octanol–water partition coefficient (Wildman–Crippen LogP) is 2.53. The van der Waals surface area contributed by atoms with Gasteiger partial charge in [-0.05, 0) is 26.0 Å². The molecule has 148 valence electrons. The highest BCUT2D eigenvalue weighted by molar-refractivity contribution is 5.94. The van der Waals surface area contributed by atoms with Gasteiger partial charge in [0.25, 0.3) is 5.91 Å². The Hall–Kier alpha value is -2.66. The summed E-state index contributed by atoms with van der Waals surface area (Å²) in [6.45, 7) is 5.81. The van der Waals surface area contributed by atoms with Gasteiger partial charge in [0.1, 0.15) is 0 Å². The van der Waals surface area contributed by atoms with Gasteiger partial charge in [0.05, 0.1) is 25.6 Å². The lowest BCUT2D eigenvalue weighted by Gasteiger charge is -2.33. The fourth-order valence-corrected chi connectivity index (χ4v) is 3.84. The van der Waals surface area contributed by atoms with Crippen molar-refractivity contribution in [2.24, 2.45) is 5.92 Å². The van der Waals surface area contributed by atoms with E-state index in [0.717, 1.165) is 42.7 Å². The van der Waals surface area contributed by atoms with Crippen molar-refractivity contribution in [2.45, 2.75) is 32.7 Å². The van der Waals surface area contributed by atoms with E-state index in [1.54, 1.807) is 0 Å². The third-order valence-corrected chi connectivity index (χ3v) is 5.37. The first-order chi connectivity index (χ1) is 13.6. The summed E-state index contributed by atoms with van der Waals surface area (Å²) in [4.78, 5) is 26.4. The Morgan fingerprint density at radius 1 is 1.07 bits per heavy atom. The maximum atomic E-state index is 13.2. The predicted molar refractivity (Wildman–Crippen MR) is 109 cm³/mol. The Bertz CT molecular complexity index is 781. The van der Waals surface area contributed by atoms with Crippen molar-refractivity contribution in [1.82, 2.24) is 0 Å². The van der Waals surface area contributed by atoms with Gasteiger partial charge in [-0.2, -0.15) is 0 Å². The van der Waals surface area contributed by atoms with Crippen LogP contribution in [-0.4, -0.2) is 31.6 Å². The summed E-state index contributed by atoms with van der Waals surface area (Å²) in [7, 11) is 0. The highest BCUT2D eigenvalue weighted by Crippen LogP contribution is 2.18. The molecule has 1 heterocycles. The number of likely N-dealkylation sites (tertiary alicyclic amines) is 1. The molecule has 1 fully saturated rings. The standard InChI is InChI=1S/C23H28N2O3/c1-3-28-23(27)19-13-15-25(16-14-19)21(18-7-5-4-6-8-18)22(26)24-20-11-9-17(2)10-12-20/h4-12,19,21H,3,13-16H2,1-2H3,(H,24,26)/p+1/t21-/m0/s1. The largest absolute Gasteiger partial charge is 0.466 e. The van der Waals surface area contributed by atoms with E-state index >= 15 is 0 Å². The van der Waals surface area contributed by atoms with Crippen LogP contribution < -0.4 is 10.2 Å². The molecule has 0 aliphatic carbocycles. The van der Waals surface area contributed by atoms with E-state index in [-0.39, 0.29) is 23.8 Å². The highest BCUT2D eigenvalue weighted by Gasteiger charge is 2.37. The molecule has 2 aromatic rings. The molecule has 0 saturated carbocycles. The van der Waals surface area contributed by atoms with Gasteiger partial charge in [0.2, 0.25) is 0 Å². The van der Waals surface area contributed by atoms with Crippen molar-refractivity contribution < 1.29 is 19.2 Å². The van der Waals surface area contributed by atoms with Crippen LogP contribution in [0.1, 0.15) is 36.9 Å². The quantitative estimate of drug-likeness (QED) is 0.756. The first-order valence-corrected chi connectivity index (χ1v) is 10.0. The van der Waals surface area contributed by atoms with Crippen LogP contribution in [-0.2, 0) is 14.3 Å². The second kappa shape index (κ2) is 9.51. The molecule has 1 amide bonds. The maximum absolute atomic E-state index is 13.2. The number of carbonyl (C=O) groups excluding carboxylic acids is 2. The Morgan fingerprint density at radius 2 is 1.71 bits per heavy atom. The molecule has 28 heavy (non-hydrogen) atoms. The van der Waals surface area contributed by atoms with Gasteiger partial charge in [-0.25, -0.2) is 0 Å². The minimum atomic E-state index is -0.300. The van der Waals surface area contributed by atoms with Crippen LogP contribution in [0.4, 0.5) is 5.69 Å². The number of rotatable bonds is 6. The van der Waals surface area contributed by atoms with Crippen LogP contribution in [0, 0.1) is 12.8 Å². The molecule has 0 unspecified atom stereocenters. The number of hydrogen-bond donors (Lipinski definition) is 2. The summed E-state index contributed by atoms with van der Waals surface area (Å²) in [6.07, 6.45) is 1.49. The average Bonchev–Trinajstić information content (AvgIpc) is 2.71. The number of carbonyl (C=O) groups is 2. The zero-order valence-electron chi connectivity index (χ0n) is 16.6. The van der Waals surface area contributed by atoms with Crippen molar-refractivity contribution in [3.63, 3.8) is 0 Å². The summed E-state index contributed by atoms with van der Waals surface area (Å²) in [5, 5.41) is 3.07. The zero-order valence-corrected chi connectivity index (χ0v) is 16.6. The SMILES string of the molecule is CCOC(=O)C1CC[NH+]([C@H](C(=O)Nc2ccc(C)cc2)c2ccccc2)CC1. The molecular formula is C23H29N2O3+.